The fraction of sp³-hybridized carbons (Fsp3) is 0.800. The van der Waals surface area contributed by atoms with Crippen LogP contribution in [-0.2, 0) is 15.4 Å². The van der Waals surface area contributed by atoms with Gasteiger partial charge < -0.3 is 15.5 Å². The van der Waals surface area contributed by atoms with Gasteiger partial charge in [0.25, 0.3) is 10.0 Å². The summed E-state index contributed by atoms with van der Waals surface area (Å²) in [5.74, 6) is 2.40. The molecule has 4 aliphatic rings. The van der Waals surface area contributed by atoms with Gasteiger partial charge in [-0.05, 0) is 120 Å². The molecule has 0 radical (unpaired) electrons. The summed E-state index contributed by atoms with van der Waals surface area (Å²) in [4.78, 5) is 12.9. The summed E-state index contributed by atoms with van der Waals surface area (Å²) in [5.41, 5.74) is 0.935. The van der Waals surface area contributed by atoms with E-state index in [0.717, 1.165) is 56.9 Å². The number of hydrogen-bond acceptors (Lipinski definition) is 5. The molecular weight excluding hydrogens is 560 g/mol. The molecule has 4 N–H and O–H groups in total. The monoisotopic (exact) mass is 616 g/mol. The number of hydrogen-bond donors (Lipinski definition) is 4. The smallest absolute Gasteiger partial charge is 0.328 e. The summed E-state index contributed by atoms with van der Waals surface area (Å²) in [7, 11) is -3.99. The zero-order valence-electron chi connectivity index (χ0n) is 27.4. The summed E-state index contributed by atoms with van der Waals surface area (Å²) in [6.45, 7) is 15.7. The summed E-state index contributed by atoms with van der Waals surface area (Å²) >= 11 is 0. The van der Waals surface area contributed by atoms with Crippen molar-refractivity contribution < 1.29 is 23.4 Å². The van der Waals surface area contributed by atoms with Crippen LogP contribution in [0.25, 0.3) is 0 Å². The summed E-state index contributed by atoms with van der Waals surface area (Å²) < 4.78 is 28.2. The van der Waals surface area contributed by atoms with Crippen LogP contribution in [0.5, 0.6) is 0 Å². The van der Waals surface area contributed by atoms with E-state index in [1.807, 2.05) is 26.8 Å². The van der Waals surface area contributed by atoms with E-state index in [4.69, 9.17) is 0 Å². The number of rotatable bonds is 6. The Hall–Kier alpha value is -1.64. The molecule has 0 unspecified atom stereocenters. The van der Waals surface area contributed by atoms with Crippen molar-refractivity contribution in [2.24, 2.45) is 52.3 Å². The normalized spacial score (nSPS) is 40.1. The zero-order chi connectivity index (χ0) is 31.5. The van der Waals surface area contributed by atoms with Crippen LogP contribution in [0.4, 0.5) is 4.79 Å². The van der Waals surface area contributed by atoms with Gasteiger partial charge in [-0.3, -0.25) is 0 Å². The van der Waals surface area contributed by atoms with Gasteiger partial charge in [-0.1, -0.05) is 67.0 Å². The lowest BCUT2D eigenvalue weighted by Gasteiger charge is -2.64. The number of fused-ring (bicyclic) bond motifs is 5. The quantitative estimate of drug-likeness (QED) is 0.302. The third-order valence-electron chi connectivity index (χ3n) is 13.0. The minimum absolute atomic E-state index is 0.0782. The Morgan fingerprint density at radius 3 is 2.37 bits per heavy atom. The van der Waals surface area contributed by atoms with E-state index in [0.29, 0.717) is 30.2 Å². The molecule has 4 fully saturated rings. The van der Waals surface area contributed by atoms with Crippen LogP contribution in [0.3, 0.4) is 0 Å². The van der Waals surface area contributed by atoms with Gasteiger partial charge in [-0.2, -0.15) is 0 Å². The highest BCUT2D eigenvalue weighted by molar-refractivity contribution is 7.90. The standard InChI is InChI=1S/C35H56N2O5S/c1-8-25-29-19-23(38)14-16-35(29,7)28-15-17-34(6)26(12-13-27(34)30(28)31(25)39)21(2)20-36-32(40)37-43(41,42)24-11-9-10-22(18-24)33(3,4)5/h9-11,18,21,23,25-31,38-39H,8,12-17,19-20H2,1-7H3,(H2,36,37,40)/t21-,23-,25-,26-,27+,28+,29+,30+,31-,34-,35-/m1/s1. The molecule has 5 rings (SSSR count). The number of carbonyl (C=O) groups is 1. The molecule has 1 aromatic rings. The molecule has 0 heterocycles. The van der Waals surface area contributed by atoms with Crippen molar-refractivity contribution in [3.8, 4) is 0 Å². The number of amides is 2. The van der Waals surface area contributed by atoms with Crippen molar-refractivity contribution in [1.82, 2.24) is 10.0 Å². The first kappa shape index (κ1) is 32.7. The Labute approximate surface area is 260 Å². The lowest BCUT2D eigenvalue weighted by molar-refractivity contribution is -0.203. The maximum atomic E-state index is 13.0. The van der Waals surface area contributed by atoms with Crippen LogP contribution in [0.2, 0.25) is 0 Å². The molecule has 43 heavy (non-hydrogen) atoms. The third kappa shape index (κ3) is 5.78. The van der Waals surface area contributed by atoms with Crippen molar-refractivity contribution in [2.75, 3.05) is 6.54 Å². The zero-order valence-corrected chi connectivity index (χ0v) is 28.2. The Balaban J connectivity index is 1.25. The predicted molar refractivity (Wildman–Crippen MR) is 170 cm³/mol. The second kappa shape index (κ2) is 11.6. The largest absolute Gasteiger partial charge is 0.393 e. The highest BCUT2D eigenvalue weighted by atomic mass is 32.2. The Kier molecular flexibility index (Phi) is 8.85. The van der Waals surface area contributed by atoms with Gasteiger partial charge in [-0.15, -0.1) is 0 Å². The molecule has 2 amide bonds. The topological polar surface area (TPSA) is 116 Å². The molecule has 4 saturated carbocycles. The number of carbonyl (C=O) groups excluding carboxylic acids is 1. The van der Waals surface area contributed by atoms with Gasteiger partial charge in [0.1, 0.15) is 0 Å². The first-order valence-corrected chi connectivity index (χ1v) is 18.3. The first-order valence-electron chi connectivity index (χ1n) is 16.8. The molecule has 242 valence electrons. The van der Waals surface area contributed by atoms with Gasteiger partial charge in [0, 0.05) is 6.54 Å². The minimum Gasteiger partial charge on any atom is -0.393 e. The maximum Gasteiger partial charge on any atom is 0.328 e. The second-order valence-electron chi connectivity index (χ2n) is 16.2. The van der Waals surface area contributed by atoms with E-state index in [9.17, 15) is 23.4 Å². The average molecular weight is 617 g/mol. The number of aliphatic hydroxyl groups is 2. The van der Waals surface area contributed by atoms with Gasteiger partial charge in [0.15, 0.2) is 0 Å². The minimum atomic E-state index is -3.99. The van der Waals surface area contributed by atoms with Crippen molar-refractivity contribution >= 4 is 16.1 Å². The van der Waals surface area contributed by atoms with E-state index < -0.39 is 16.1 Å². The molecule has 11 atom stereocenters. The third-order valence-corrected chi connectivity index (χ3v) is 14.3. The Morgan fingerprint density at radius 1 is 1.02 bits per heavy atom. The van der Waals surface area contributed by atoms with Crippen molar-refractivity contribution in [3.05, 3.63) is 29.8 Å². The van der Waals surface area contributed by atoms with E-state index in [2.05, 4.69) is 37.7 Å². The number of benzene rings is 1. The number of aliphatic hydroxyl groups excluding tert-OH is 2. The van der Waals surface area contributed by atoms with Gasteiger partial charge in [-0.25, -0.2) is 17.9 Å². The number of urea groups is 1. The van der Waals surface area contributed by atoms with Crippen LogP contribution in [-0.4, -0.2) is 43.4 Å². The predicted octanol–water partition coefficient (Wildman–Crippen LogP) is 6.23. The summed E-state index contributed by atoms with van der Waals surface area (Å²) in [6.07, 6.45) is 7.50. The maximum absolute atomic E-state index is 13.0. The fourth-order valence-electron chi connectivity index (χ4n) is 10.7. The highest BCUT2D eigenvalue weighted by Crippen LogP contribution is 2.69. The van der Waals surface area contributed by atoms with Gasteiger partial charge in [0.2, 0.25) is 0 Å². The van der Waals surface area contributed by atoms with Crippen LogP contribution in [0, 0.1) is 52.3 Å². The Bertz CT molecular complexity index is 1290. The van der Waals surface area contributed by atoms with E-state index in [1.165, 1.54) is 6.07 Å². The molecule has 0 bridgehead atoms. The SMILES string of the molecule is CC[C@H]1[C@@H](O)[C@@H]2[C@H](CC[C@]3(C)[C@@H]([C@H](C)CNC(=O)NS(=O)(=O)c4cccc(C(C)(C)C)c4)CC[C@@H]23)[C@@]2(C)CC[C@@H](O)C[C@@H]12. The molecular formula is C35H56N2O5S. The van der Waals surface area contributed by atoms with Crippen LogP contribution in [0.15, 0.2) is 29.2 Å². The van der Waals surface area contributed by atoms with Crippen molar-refractivity contribution in [2.45, 2.75) is 122 Å². The van der Waals surface area contributed by atoms with E-state index in [-0.39, 0.29) is 51.1 Å². The number of sulfonamides is 1. The molecule has 0 saturated heterocycles. The molecule has 7 nitrogen and oxygen atoms in total. The molecule has 1 aromatic carbocycles. The van der Waals surface area contributed by atoms with Gasteiger partial charge >= 0.3 is 6.03 Å². The van der Waals surface area contributed by atoms with E-state index in [1.54, 1.807) is 12.1 Å². The lowest BCUT2D eigenvalue weighted by atomic mass is 9.41. The number of nitrogens with one attached hydrogen (secondary N) is 2. The lowest BCUT2D eigenvalue weighted by Crippen LogP contribution is -2.62. The molecule has 4 aliphatic carbocycles. The summed E-state index contributed by atoms with van der Waals surface area (Å²) in [5, 5.41) is 25.3. The molecule has 0 spiro atoms. The highest BCUT2D eigenvalue weighted by Gasteiger charge is 2.64. The van der Waals surface area contributed by atoms with Crippen LogP contribution >= 0.6 is 0 Å². The Morgan fingerprint density at radius 2 is 1.70 bits per heavy atom. The van der Waals surface area contributed by atoms with Crippen molar-refractivity contribution in [3.63, 3.8) is 0 Å². The fourth-order valence-corrected chi connectivity index (χ4v) is 11.6. The van der Waals surface area contributed by atoms with Crippen molar-refractivity contribution in [1.29, 1.82) is 0 Å². The molecule has 8 heteroatoms. The van der Waals surface area contributed by atoms with E-state index >= 15 is 0 Å². The second-order valence-corrected chi connectivity index (χ2v) is 17.9. The molecule has 0 aromatic heterocycles. The van der Waals surface area contributed by atoms with Gasteiger partial charge in [0.05, 0.1) is 17.1 Å². The molecule has 0 aliphatic heterocycles. The first-order chi connectivity index (χ1) is 20.0. The van der Waals surface area contributed by atoms with Crippen LogP contribution < -0.4 is 10.0 Å². The van der Waals surface area contributed by atoms with Crippen LogP contribution in [0.1, 0.15) is 105 Å². The summed E-state index contributed by atoms with van der Waals surface area (Å²) in [6, 6.07) is 6.07. The average Bonchev–Trinajstić information content (AvgIpc) is 3.29.